The topological polar surface area (TPSA) is 80.8 Å². The van der Waals surface area contributed by atoms with E-state index in [1.165, 1.54) is 35.5 Å². The lowest BCUT2D eigenvalue weighted by molar-refractivity contribution is 0.0318. The standard InChI is InChI=1S/C25H31NO5S/c1-18(23(27)19-8-12-21(13-9-19)25(2,3)4)31-24(28)20-10-14-22(15-11-20)32(29,30)26-16-6-5-7-17-26/h8-15,18H,5-7,16-17H2,1-4H3/t18-/m1/s1. The van der Waals surface area contributed by atoms with Crippen molar-refractivity contribution in [1.82, 2.24) is 4.31 Å². The van der Waals surface area contributed by atoms with Crippen molar-refractivity contribution in [3.05, 3.63) is 65.2 Å². The molecule has 32 heavy (non-hydrogen) atoms. The van der Waals surface area contributed by atoms with Crippen molar-refractivity contribution in [2.75, 3.05) is 13.1 Å². The number of hydrogen-bond acceptors (Lipinski definition) is 5. The number of Topliss-reactive ketones (excluding diaryl/α,β-unsaturated/α-hetero) is 1. The molecule has 1 aliphatic rings. The van der Waals surface area contributed by atoms with Crippen LogP contribution >= 0.6 is 0 Å². The molecular weight excluding hydrogens is 426 g/mol. The molecule has 7 heteroatoms. The number of esters is 1. The van der Waals surface area contributed by atoms with E-state index in [-0.39, 0.29) is 21.7 Å². The Morgan fingerprint density at radius 3 is 1.94 bits per heavy atom. The zero-order valence-corrected chi connectivity index (χ0v) is 19.9. The van der Waals surface area contributed by atoms with Crippen LogP contribution in [0.5, 0.6) is 0 Å². The van der Waals surface area contributed by atoms with Crippen molar-refractivity contribution in [1.29, 1.82) is 0 Å². The van der Waals surface area contributed by atoms with E-state index in [0.29, 0.717) is 18.7 Å². The lowest BCUT2D eigenvalue weighted by Crippen LogP contribution is -2.35. The quantitative estimate of drug-likeness (QED) is 0.468. The molecule has 172 valence electrons. The van der Waals surface area contributed by atoms with Gasteiger partial charge in [0.25, 0.3) is 0 Å². The molecule has 1 saturated heterocycles. The number of rotatable bonds is 6. The molecule has 6 nitrogen and oxygen atoms in total. The Kier molecular flexibility index (Phi) is 7.20. The van der Waals surface area contributed by atoms with Gasteiger partial charge in [0.05, 0.1) is 10.5 Å². The summed E-state index contributed by atoms with van der Waals surface area (Å²) >= 11 is 0. The highest BCUT2D eigenvalue weighted by Gasteiger charge is 2.26. The van der Waals surface area contributed by atoms with Gasteiger partial charge in [-0.2, -0.15) is 4.31 Å². The Morgan fingerprint density at radius 1 is 0.875 bits per heavy atom. The van der Waals surface area contributed by atoms with Gasteiger partial charge in [0.2, 0.25) is 15.8 Å². The van der Waals surface area contributed by atoms with Crippen molar-refractivity contribution >= 4 is 21.8 Å². The molecule has 3 rings (SSSR count). The summed E-state index contributed by atoms with van der Waals surface area (Å²) < 4.78 is 32.3. The molecule has 0 saturated carbocycles. The largest absolute Gasteiger partial charge is 0.451 e. The number of benzene rings is 2. The predicted octanol–water partition coefficient (Wildman–Crippen LogP) is 4.59. The van der Waals surface area contributed by atoms with E-state index in [1.54, 1.807) is 12.1 Å². The molecule has 0 N–H and O–H groups in total. The maximum atomic E-state index is 12.7. The van der Waals surface area contributed by atoms with Gasteiger partial charge in [-0.3, -0.25) is 4.79 Å². The highest BCUT2D eigenvalue weighted by atomic mass is 32.2. The molecular formula is C25H31NO5S. The lowest BCUT2D eigenvalue weighted by atomic mass is 9.86. The number of carbonyl (C=O) groups is 2. The highest BCUT2D eigenvalue weighted by Crippen LogP contribution is 2.23. The maximum Gasteiger partial charge on any atom is 0.338 e. The summed E-state index contributed by atoms with van der Waals surface area (Å²) in [7, 11) is -3.56. The number of carbonyl (C=O) groups excluding carboxylic acids is 2. The van der Waals surface area contributed by atoms with Gasteiger partial charge in [-0.15, -0.1) is 0 Å². The number of piperidine rings is 1. The second-order valence-electron chi connectivity index (χ2n) is 9.23. The van der Waals surface area contributed by atoms with Crippen LogP contribution in [0.2, 0.25) is 0 Å². The summed E-state index contributed by atoms with van der Waals surface area (Å²) in [6, 6.07) is 13.0. The van der Waals surface area contributed by atoms with Crippen LogP contribution in [-0.2, 0) is 20.2 Å². The molecule has 1 aliphatic heterocycles. The Bertz CT molecular complexity index is 1060. The van der Waals surface area contributed by atoms with Crippen molar-refractivity contribution in [3.8, 4) is 0 Å². The van der Waals surface area contributed by atoms with Crippen molar-refractivity contribution in [3.63, 3.8) is 0 Å². The van der Waals surface area contributed by atoms with Crippen molar-refractivity contribution in [2.24, 2.45) is 0 Å². The van der Waals surface area contributed by atoms with Crippen LogP contribution in [0.15, 0.2) is 53.4 Å². The predicted molar refractivity (Wildman–Crippen MR) is 123 cm³/mol. The Labute approximate surface area is 190 Å². The summed E-state index contributed by atoms with van der Waals surface area (Å²) in [5.74, 6) is -0.956. The average Bonchev–Trinajstić information content (AvgIpc) is 2.78. The van der Waals surface area contributed by atoms with Crippen molar-refractivity contribution in [2.45, 2.75) is 63.4 Å². The SMILES string of the molecule is C[C@@H](OC(=O)c1ccc(S(=O)(=O)N2CCCCC2)cc1)C(=O)c1ccc(C(C)(C)C)cc1. The van der Waals surface area contributed by atoms with Gasteiger partial charge >= 0.3 is 5.97 Å². The molecule has 0 aromatic heterocycles. The van der Waals surface area contributed by atoms with Crippen LogP contribution in [0, 0.1) is 0 Å². The molecule has 0 unspecified atom stereocenters. The van der Waals surface area contributed by atoms with Crippen LogP contribution in [0.3, 0.4) is 0 Å². The normalized spacial score (nSPS) is 16.4. The van der Waals surface area contributed by atoms with E-state index in [1.807, 2.05) is 12.1 Å². The van der Waals surface area contributed by atoms with Crippen molar-refractivity contribution < 1.29 is 22.7 Å². The number of nitrogens with zero attached hydrogens (tertiary/aromatic N) is 1. The minimum absolute atomic E-state index is 0.0205. The van der Waals surface area contributed by atoms with Crippen LogP contribution < -0.4 is 0 Å². The highest BCUT2D eigenvalue weighted by molar-refractivity contribution is 7.89. The van der Waals surface area contributed by atoms with Crippen LogP contribution in [0.1, 0.15) is 73.2 Å². The third-order valence-corrected chi connectivity index (χ3v) is 7.64. The summed E-state index contributed by atoms with van der Waals surface area (Å²) in [5.41, 5.74) is 1.76. The first-order valence-corrected chi connectivity index (χ1v) is 12.4. The summed E-state index contributed by atoms with van der Waals surface area (Å²) in [4.78, 5) is 25.3. The van der Waals surface area contributed by atoms with E-state index in [4.69, 9.17) is 4.74 Å². The van der Waals surface area contributed by atoms with Crippen LogP contribution in [0.4, 0.5) is 0 Å². The van der Waals surface area contributed by atoms with E-state index in [9.17, 15) is 18.0 Å². The van der Waals surface area contributed by atoms with Gasteiger partial charge < -0.3 is 4.74 Å². The van der Waals surface area contributed by atoms with Gasteiger partial charge in [0, 0.05) is 18.7 Å². The molecule has 0 bridgehead atoms. The molecule has 1 fully saturated rings. The van der Waals surface area contributed by atoms with E-state index in [2.05, 4.69) is 20.8 Å². The Hall–Kier alpha value is -2.51. The minimum atomic E-state index is -3.56. The van der Waals surface area contributed by atoms with E-state index in [0.717, 1.165) is 24.8 Å². The second-order valence-corrected chi connectivity index (χ2v) is 11.2. The fourth-order valence-electron chi connectivity index (χ4n) is 3.67. The van der Waals surface area contributed by atoms with Crippen LogP contribution in [-0.4, -0.2) is 43.7 Å². The fraction of sp³-hybridized carbons (Fsp3) is 0.440. The molecule has 0 amide bonds. The monoisotopic (exact) mass is 457 g/mol. The maximum absolute atomic E-state index is 12.7. The molecule has 0 spiro atoms. The lowest BCUT2D eigenvalue weighted by Gasteiger charge is -2.25. The van der Waals surface area contributed by atoms with Crippen LogP contribution in [0.25, 0.3) is 0 Å². The van der Waals surface area contributed by atoms with Gasteiger partial charge in [0.1, 0.15) is 0 Å². The first-order valence-electron chi connectivity index (χ1n) is 11.0. The van der Waals surface area contributed by atoms with Gasteiger partial charge in [0.15, 0.2) is 6.10 Å². The number of sulfonamides is 1. The van der Waals surface area contributed by atoms with E-state index >= 15 is 0 Å². The second kappa shape index (κ2) is 9.55. The molecule has 2 aromatic rings. The molecule has 1 heterocycles. The summed E-state index contributed by atoms with van der Waals surface area (Å²) in [5, 5.41) is 0. The van der Waals surface area contributed by atoms with E-state index < -0.39 is 22.1 Å². The van der Waals surface area contributed by atoms with Gasteiger partial charge in [-0.05, 0) is 55.0 Å². The third-order valence-electron chi connectivity index (χ3n) is 5.73. The fourth-order valence-corrected chi connectivity index (χ4v) is 5.19. The van der Waals surface area contributed by atoms with Gasteiger partial charge in [-0.1, -0.05) is 51.5 Å². The summed E-state index contributed by atoms with van der Waals surface area (Å²) in [6.07, 6.45) is 1.79. The van der Waals surface area contributed by atoms with Gasteiger partial charge in [-0.25, -0.2) is 13.2 Å². The first kappa shape index (κ1) is 24.1. The first-order chi connectivity index (χ1) is 15.0. The number of ketones is 1. The molecule has 0 radical (unpaired) electrons. The number of hydrogen-bond donors (Lipinski definition) is 0. The number of ether oxygens (including phenoxy) is 1. The summed E-state index contributed by atoms with van der Waals surface area (Å²) in [6.45, 7) is 8.85. The molecule has 2 aromatic carbocycles. The smallest absolute Gasteiger partial charge is 0.338 e. The average molecular weight is 458 g/mol. The Morgan fingerprint density at radius 2 is 1.41 bits per heavy atom. The third kappa shape index (κ3) is 5.45. The molecule has 0 aliphatic carbocycles. The zero-order chi connectivity index (χ0) is 23.5. The Balaban J connectivity index is 1.65. The zero-order valence-electron chi connectivity index (χ0n) is 19.1. The molecule has 1 atom stereocenters. The minimum Gasteiger partial charge on any atom is -0.451 e.